The minimum Gasteiger partial charge on any atom is -0.372 e. The predicted molar refractivity (Wildman–Crippen MR) is 87.7 cm³/mol. The van der Waals surface area contributed by atoms with Crippen molar-refractivity contribution in [3.05, 3.63) is 24.3 Å². The molecule has 1 saturated heterocycles. The molecule has 0 saturated carbocycles. The third kappa shape index (κ3) is 3.90. The first-order valence-electron chi connectivity index (χ1n) is 7.21. The van der Waals surface area contributed by atoms with Crippen LogP contribution in [0.1, 0.15) is 13.8 Å². The number of carbonyl (C=O) groups is 1. The Labute approximate surface area is 125 Å². The van der Waals surface area contributed by atoms with Crippen molar-refractivity contribution < 1.29 is 4.79 Å². The molecule has 1 aliphatic rings. The van der Waals surface area contributed by atoms with Gasteiger partial charge in [0.2, 0.25) is 5.91 Å². The standard InChI is InChI=1S/C15H23N3OS/c1-3-18(4-2)13-7-5-12(6-8-13)17-15(19)14-11-20-10-9-16-14/h5-8,14,16H,3-4,9-11H2,1-2H3,(H,17,19). The number of thioether (sulfide) groups is 1. The van der Waals surface area contributed by atoms with Crippen LogP contribution in [0.4, 0.5) is 11.4 Å². The van der Waals surface area contributed by atoms with Crippen LogP contribution in [0.25, 0.3) is 0 Å². The zero-order chi connectivity index (χ0) is 14.4. The van der Waals surface area contributed by atoms with E-state index in [0.29, 0.717) is 0 Å². The van der Waals surface area contributed by atoms with Gasteiger partial charge in [-0.15, -0.1) is 0 Å². The van der Waals surface area contributed by atoms with Crippen molar-refractivity contribution in [2.45, 2.75) is 19.9 Å². The van der Waals surface area contributed by atoms with Crippen molar-refractivity contribution in [2.24, 2.45) is 0 Å². The van der Waals surface area contributed by atoms with Crippen molar-refractivity contribution in [3.8, 4) is 0 Å². The lowest BCUT2D eigenvalue weighted by molar-refractivity contribution is -0.117. The molecule has 110 valence electrons. The fourth-order valence-corrected chi connectivity index (χ4v) is 3.24. The minimum absolute atomic E-state index is 0.0628. The molecule has 1 aliphatic heterocycles. The molecule has 1 aromatic carbocycles. The predicted octanol–water partition coefficient (Wildman–Crippen LogP) is 2.18. The molecule has 20 heavy (non-hydrogen) atoms. The van der Waals surface area contributed by atoms with E-state index in [-0.39, 0.29) is 11.9 Å². The summed E-state index contributed by atoms with van der Waals surface area (Å²) in [6, 6.07) is 8.00. The van der Waals surface area contributed by atoms with E-state index in [1.54, 1.807) is 0 Å². The van der Waals surface area contributed by atoms with Crippen LogP contribution < -0.4 is 15.5 Å². The molecule has 4 nitrogen and oxygen atoms in total. The second kappa shape index (κ2) is 7.55. The fourth-order valence-electron chi connectivity index (χ4n) is 2.31. The summed E-state index contributed by atoms with van der Waals surface area (Å²) >= 11 is 1.82. The maximum Gasteiger partial charge on any atom is 0.242 e. The molecule has 5 heteroatoms. The second-order valence-corrected chi connectivity index (χ2v) is 5.94. The third-order valence-corrected chi connectivity index (χ3v) is 4.56. The lowest BCUT2D eigenvalue weighted by Gasteiger charge is -2.23. The lowest BCUT2D eigenvalue weighted by atomic mass is 10.2. The summed E-state index contributed by atoms with van der Waals surface area (Å²) in [7, 11) is 0. The highest BCUT2D eigenvalue weighted by atomic mass is 32.2. The molecule has 2 rings (SSSR count). The van der Waals surface area contributed by atoms with Crippen LogP contribution in [0, 0.1) is 0 Å². The van der Waals surface area contributed by atoms with Crippen molar-refractivity contribution >= 4 is 29.0 Å². The zero-order valence-corrected chi connectivity index (χ0v) is 13.0. The Kier molecular flexibility index (Phi) is 5.73. The summed E-state index contributed by atoms with van der Waals surface area (Å²) in [6.45, 7) is 7.18. The van der Waals surface area contributed by atoms with Gasteiger partial charge in [-0.1, -0.05) is 0 Å². The summed E-state index contributed by atoms with van der Waals surface area (Å²) < 4.78 is 0. The van der Waals surface area contributed by atoms with E-state index in [2.05, 4.69) is 41.5 Å². The van der Waals surface area contributed by atoms with Gasteiger partial charge >= 0.3 is 0 Å². The van der Waals surface area contributed by atoms with Gasteiger partial charge in [-0.05, 0) is 38.1 Å². The number of benzene rings is 1. The fraction of sp³-hybridized carbons (Fsp3) is 0.533. The first-order chi connectivity index (χ1) is 9.74. The monoisotopic (exact) mass is 293 g/mol. The molecule has 0 radical (unpaired) electrons. The number of rotatable bonds is 5. The Bertz CT molecular complexity index is 425. The van der Waals surface area contributed by atoms with Crippen molar-refractivity contribution in [1.29, 1.82) is 0 Å². The van der Waals surface area contributed by atoms with E-state index >= 15 is 0 Å². The van der Waals surface area contributed by atoms with Crippen LogP contribution in [-0.4, -0.2) is 43.1 Å². The minimum atomic E-state index is -0.0730. The molecule has 0 aromatic heterocycles. The van der Waals surface area contributed by atoms with Gasteiger partial charge in [0.25, 0.3) is 0 Å². The number of hydrogen-bond donors (Lipinski definition) is 2. The van der Waals surface area contributed by atoms with Crippen LogP contribution in [-0.2, 0) is 4.79 Å². The number of anilines is 2. The maximum absolute atomic E-state index is 12.1. The lowest BCUT2D eigenvalue weighted by Crippen LogP contribution is -2.46. The van der Waals surface area contributed by atoms with E-state index in [9.17, 15) is 4.79 Å². The number of nitrogens with zero attached hydrogens (tertiary/aromatic N) is 1. The van der Waals surface area contributed by atoms with E-state index in [1.807, 2.05) is 23.9 Å². The topological polar surface area (TPSA) is 44.4 Å². The van der Waals surface area contributed by atoms with Crippen LogP contribution in [0.3, 0.4) is 0 Å². The number of nitrogens with one attached hydrogen (secondary N) is 2. The molecule has 0 aliphatic carbocycles. The molecule has 1 unspecified atom stereocenters. The molecule has 0 bridgehead atoms. The normalized spacial score (nSPS) is 18.6. The van der Waals surface area contributed by atoms with Gasteiger partial charge in [0.1, 0.15) is 0 Å². The van der Waals surface area contributed by atoms with E-state index in [0.717, 1.165) is 36.8 Å². The summed E-state index contributed by atoms with van der Waals surface area (Å²) in [4.78, 5) is 14.4. The first kappa shape index (κ1) is 15.2. The molecule has 1 aromatic rings. The maximum atomic E-state index is 12.1. The SMILES string of the molecule is CCN(CC)c1ccc(NC(=O)C2CSCCN2)cc1. The zero-order valence-electron chi connectivity index (χ0n) is 12.2. The smallest absolute Gasteiger partial charge is 0.242 e. The molecule has 1 amide bonds. The van der Waals surface area contributed by atoms with Gasteiger partial charge in [-0.25, -0.2) is 0 Å². The highest BCUT2D eigenvalue weighted by molar-refractivity contribution is 7.99. The summed E-state index contributed by atoms with van der Waals surface area (Å²) in [5, 5.41) is 6.23. The van der Waals surface area contributed by atoms with Crippen LogP contribution >= 0.6 is 11.8 Å². The largest absolute Gasteiger partial charge is 0.372 e. The number of carbonyl (C=O) groups excluding carboxylic acids is 1. The molecular weight excluding hydrogens is 270 g/mol. The van der Waals surface area contributed by atoms with Crippen molar-refractivity contribution in [3.63, 3.8) is 0 Å². The average molecular weight is 293 g/mol. The van der Waals surface area contributed by atoms with Crippen LogP contribution in [0.15, 0.2) is 24.3 Å². The van der Waals surface area contributed by atoms with E-state index < -0.39 is 0 Å². The first-order valence-corrected chi connectivity index (χ1v) is 8.37. The van der Waals surface area contributed by atoms with Crippen LogP contribution in [0.2, 0.25) is 0 Å². The third-order valence-electron chi connectivity index (χ3n) is 3.50. The van der Waals surface area contributed by atoms with E-state index in [4.69, 9.17) is 0 Å². The number of hydrogen-bond acceptors (Lipinski definition) is 4. The molecule has 1 heterocycles. The molecule has 0 spiro atoms. The van der Waals surface area contributed by atoms with Gasteiger partial charge in [-0.3, -0.25) is 4.79 Å². The Hall–Kier alpha value is -1.20. The van der Waals surface area contributed by atoms with Gasteiger partial charge in [0, 0.05) is 42.5 Å². The van der Waals surface area contributed by atoms with Crippen LogP contribution in [0.5, 0.6) is 0 Å². The molecule has 1 atom stereocenters. The molecule has 1 fully saturated rings. The van der Waals surface area contributed by atoms with Gasteiger partial charge in [-0.2, -0.15) is 11.8 Å². The summed E-state index contributed by atoms with van der Waals surface area (Å²) in [5.74, 6) is 2.00. The summed E-state index contributed by atoms with van der Waals surface area (Å²) in [6.07, 6.45) is 0. The Morgan fingerprint density at radius 3 is 2.60 bits per heavy atom. The average Bonchev–Trinajstić information content (AvgIpc) is 2.51. The Morgan fingerprint density at radius 1 is 1.35 bits per heavy atom. The van der Waals surface area contributed by atoms with Gasteiger partial charge < -0.3 is 15.5 Å². The summed E-state index contributed by atoms with van der Waals surface area (Å²) in [5.41, 5.74) is 2.06. The molecule has 2 N–H and O–H groups in total. The van der Waals surface area contributed by atoms with E-state index in [1.165, 1.54) is 5.69 Å². The quantitative estimate of drug-likeness (QED) is 0.873. The van der Waals surface area contributed by atoms with Gasteiger partial charge in [0.15, 0.2) is 0 Å². The number of amides is 1. The van der Waals surface area contributed by atoms with Crippen molar-refractivity contribution in [2.75, 3.05) is 41.4 Å². The molecular formula is C15H23N3OS. The highest BCUT2D eigenvalue weighted by Crippen LogP contribution is 2.18. The second-order valence-electron chi connectivity index (χ2n) is 4.79. The Morgan fingerprint density at radius 2 is 2.05 bits per heavy atom. The Balaban J connectivity index is 1.94. The highest BCUT2D eigenvalue weighted by Gasteiger charge is 2.20. The van der Waals surface area contributed by atoms with Crippen molar-refractivity contribution in [1.82, 2.24) is 5.32 Å². The van der Waals surface area contributed by atoms with Gasteiger partial charge in [0.05, 0.1) is 6.04 Å².